The number of aliphatic hydroxyl groups is 1. The SMILES string of the molecule is C=C1CCC2CCC3=C(C(O)(CC(C)=CC(=O)C1)OC3=O)C2(C)C. The lowest BCUT2D eigenvalue weighted by molar-refractivity contribution is -0.184. The number of carbonyl (C=O) groups is 2. The molecule has 0 aromatic carbocycles. The van der Waals surface area contributed by atoms with Crippen molar-refractivity contribution in [3.63, 3.8) is 0 Å². The van der Waals surface area contributed by atoms with E-state index in [2.05, 4.69) is 20.4 Å². The fraction of sp³-hybridized carbons (Fsp3) is 0.600. The normalized spacial score (nSPS) is 33.6. The molecule has 4 heteroatoms. The van der Waals surface area contributed by atoms with Gasteiger partial charge in [-0.3, -0.25) is 4.79 Å². The van der Waals surface area contributed by atoms with Crippen LogP contribution < -0.4 is 0 Å². The van der Waals surface area contributed by atoms with Gasteiger partial charge in [0.1, 0.15) is 0 Å². The lowest BCUT2D eigenvalue weighted by atomic mass is 9.61. The van der Waals surface area contributed by atoms with Crippen LogP contribution in [0, 0.1) is 11.3 Å². The zero-order valence-corrected chi connectivity index (χ0v) is 14.8. The van der Waals surface area contributed by atoms with Gasteiger partial charge in [-0.05, 0) is 50.0 Å². The summed E-state index contributed by atoms with van der Waals surface area (Å²) in [5.41, 5.74) is 2.71. The van der Waals surface area contributed by atoms with E-state index in [-0.39, 0.29) is 17.6 Å². The van der Waals surface area contributed by atoms with E-state index in [0.717, 1.165) is 36.0 Å². The molecule has 2 atom stereocenters. The van der Waals surface area contributed by atoms with Gasteiger partial charge in [-0.1, -0.05) is 31.6 Å². The maximum atomic E-state index is 12.3. The third-order valence-corrected chi connectivity index (χ3v) is 5.80. The zero-order valence-electron chi connectivity index (χ0n) is 14.8. The van der Waals surface area contributed by atoms with E-state index in [9.17, 15) is 14.7 Å². The van der Waals surface area contributed by atoms with Crippen molar-refractivity contribution < 1.29 is 19.4 Å². The second kappa shape index (κ2) is 5.69. The fourth-order valence-electron chi connectivity index (χ4n) is 4.70. The topological polar surface area (TPSA) is 63.6 Å². The molecular weight excluding hydrogens is 304 g/mol. The standard InChI is InChI=1S/C20H26O4/c1-12-5-6-14-7-8-16-17(19(14,3)4)20(23,24-18(16)22)11-13(2)10-15(21)9-12/h10,14,23H,1,5-9,11H2,2-4H3. The molecule has 2 aliphatic carbocycles. The summed E-state index contributed by atoms with van der Waals surface area (Å²) >= 11 is 0. The minimum absolute atomic E-state index is 0.00961. The number of carbonyl (C=O) groups excluding carboxylic acids is 2. The summed E-state index contributed by atoms with van der Waals surface area (Å²) in [5, 5.41) is 11.2. The molecule has 130 valence electrons. The van der Waals surface area contributed by atoms with Crippen LogP contribution in [0.1, 0.15) is 59.3 Å². The number of rotatable bonds is 0. The van der Waals surface area contributed by atoms with E-state index in [1.165, 1.54) is 0 Å². The zero-order chi connectivity index (χ0) is 17.7. The largest absolute Gasteiger partial charge is 0.425 e. The number of ether oxygens (including phenoxy) is 1. The maximum Gasteiger partial charge on any atom is 0.336 e. The first kappa shape index (κ1) is 17.2. The Morgan fingerprint density at radius 1 is 1.25 bits per heavy atom. The highest BCUT2D eigenvalue weighted by Gasteiger charge is 2.55. The number of esters is 1. The van der Waals surface area contributed by atoms with Crippen molar-refractivity contribution in [3.8, 4) is 0 Å². The van der Waals surface area contributed by atoms with Crippen LogP contribution in [0.3, 0.4) is 0 Å². The molecular formula is C20H26O4. The molecule has 2 bridgehead atoms. The molecule has 3 rings (SSSR count). The summed E-state index contributed by atoms with van der Waals surface area (Å²) in [7, 11) is 0. The van der Waals surface area contributed by atoms with Crippen LogP contribution in [0.2, 0.25) is 0 Å². The summed E-state index contributed by atoms with van der Waals surface area (Å²) < 4.78 is 5.42. The second-order valence-electron chi connectivity index (χ2n) is 8.08. The van der Waals surface area contributed by atoms with Crippen molar-refractivity contribution in [1.29, 1.82) is 0 Å². The van der Waals surface area contributed by atoms with Gasteiger partial charge in [0.05, 0.1) is 0 Å². The molecule has 1 heterocycles. The van der Waals surface area contributed by atoms with Gasteiger partial charge in [-0.25, -0.2) is 4.79 Å². The number of hydrogen-bond acceptors (Lipinski definition) is 4. The number of ketones is 1. The van der Waals surface area contributed by atoms with Crippen molar-refractivity contribution in [2.24, 2.45) is 11.3 Å². The molecule has 1 N–H and O–H groups in total. The average Bonchev–Trinajstić information content (AvgIpc) is 2.67. The Bertz CT molecular complexity index is 680. The summed E-state index contributed by atoms with van der Waals surface area (Å²) in [6.07, 6.45) is 5.28. The molecule has 0 saturated carbocycles. The molecule has 3 aliphatic rings. The predicted molar refractivity (Wildman–Crippen MR) is 90.9 cm³/mol. The quantitative estimate of drug-likeness (QED) is 0.544. The van der Waals surface area contributed by atoms with Crippen LogP contribution in [-0.4, -0.2) is 22.6 Å². The first-order chi connectivity index (χ1) is 11.1. The van der Waals surface area contributed by atoms with Crippen LogP contribution in [-0.2, 0) is 14.3 Å². The third-order valence-electron chi connectivity index (χ3n) is 5.80. The molecule has 4 nitrogen and oxygen atoms in total. The first-order valence-corrected chi connectivity index (χ1v) is 8.70. The van der Waals surface area contributed by atoms with E-state index in [1.54, 1.807) is 13.0 Å². The summed E-state index contributed by atoms with van der Waals surface area (Å²) in [5.74, 6) is -1.71. The van der Waals surface area contributed by atoms with E-state index in [1.807, 2.05) is 0 Å². The highest BCUT2D eigenvalue weighted by molar-refractivity contribution is 5.94. The van der Waals surface area contributed by atoms with Gasteiger partial charge in [-0.15, -0.1) is 0 Å². The van der Waals surface area contributed by atoms with Gasteiger partial charge in [0.2, 0.25) is 5.79 Å². The van der Waals surface area contributed by atoms with Gasteiger partial charge in [0.15, 0.2) is 5.78 Å². The molecule has 24 heavy (non-hydrogen) atoms. The fourth-order valence-corrected chi connectivity index (χ4v) is 4.70. The van der Waals surface area contributed by atoms with Crippen molar-refractivity contribution in [3.05, 3.63) is 34.9 Å². The third kappa shape index (κ3) is 2.77. The van der Waals surface area contributed by atoms with E-state index >= 15 is 0 Å². The summed E-state index contributed by atoms with van der Waals surface area (Å²) in [6, 6.07) is 0. The average molecular weight is 330 g/mol. The Labute approximate surface area is 143 Å². The van der Waals surface area contributed by atoms with Crippen molar-refractivity contribution in [2.75, 3.05) is 0 Å². The number of hydrogen-bond donors (Lipinski definition) is 1. The van der Waals surface area contributed by atoms with Crippen LogP contribution in [0.5, 0.6) is 0 Å². The molecule has 0 aromatic heterocycles. The van der Waals surface area contributed by atoms with Gasteiger partial charge < -0.3 is 9.84 Å². The second-order valence-corrected chi connectivity index (χ2v) is 8.08. The van der Waals surface area contributed by atoms with E-state index in [0.29, 0.717) is 24.3 Å². The lowest BCUT2D eigenvalue weighted by Crippen LogP contribution is -2.42. The van der Waals surface area contributed by atoms with Gasteiger partial charge in [-0.2, -0.15) is 0 Å². The monoisotopic (exact) mass is 330 g/mol. The Balaban J connectivity index is 2.10. The van der Waals surface area contributed by atoms with Crippen LogP contribution in [0.4, 0.5) is 0 Å². The van der Waals surface area contributed by atoms with Crippen molar-refractivity contribution >= 4 is 11.8 Å². The van der Waals surface area contributed by atoms with Crippen LogP contribution in [0.25, 0.3) is 0 Å². The molecule has 0 aromatic rings. The van der Waals surface area contributed by atoms with Crippen molar-refractivity contribution in [2.45, 2.75) is 65.1 Å². The number of fused-ring (bicyclic) bond motifs is 1. The molecule has 0 radical (unpaired) electrons. The lowest BCUT2D eigenvalue weighted by Gasteiger charge is -2.43. The van der Waals surface area contributed by atoms with Gasteiger partial charge in [0.25, 0.3) is 0 Å². The van der Waals surface area contributed by atoms with Crippen LogP contribution in [0.15, 0.2) is 34.9 Å². The van der Waals surface area contributed by atoms with Gasteiger partial charge in [0, 0.05) is 24.0 Å². The van der Waals surface area contributed by atoms with Crippen molar-refractivity contribution in [1.82, 2.24) is 0 Å². The van der Waals surface area contributed by atoms with Gasteiger partial charge >= 0.3 is 5.97 Å². The summed E-state index contributed by atoms with van der Waals surface area (Å²) in [6.45, 7) is 10.0. The molecule has 2 unspecified atom stereocenters. The minimum atomic E-state index is -1.62. The summed E-state index contributed by atoms with van der Waals surface area (Å²) in [4.78, 5) is 24.4. The molecule has 0 fully saturated rings. The van der Waals surface area contributed by atoms with E-state index in [4.69, 9.17) is 4.74 Å². The van der Waals surface area contributed by atoms with Crippen LogP contribution >= 0.6 is 0 Å². The van der Waals surface area contributed by atoms with E-state index < -0.39 is 11.8 Å². The Hall–Kier alpha value is -1.68. The molecule has 0 amide bonds. The first-order valence-electron chi connectivity index (χ1n) is 8.70. The predicted octanol–water partition coefficient (Wildman–Crippen LogP) is 3.61. The number of allylic oxidation sites excluding steroid dienone is 2. The highest BCUT2D eigenvalue weighted by Crippen LogP contribution is 2.55. The Kier molecular flexibility index (Phi) is 4.07. The Morgan fingerprint density at radius 2 is 1.92 bits per heavy atom. The molecule has 1 aliphatic heterocycles. The molecule has 0 spiro atoms. The smallest absolute Gasteiger partial charge is 0.336 e. The maximum absolute atomic E-state index is 12.3. The molecule has 0 saturated heterocycles. The minimum Gasteiger partial charge on any atom is -0.425 e. The Morgan fingerprint density at radius 3 is 2.62 bits per heavy atom. The highest BCUT2D eigenvalue weighted by atomic mass is 16.7.